The zero-order valence-electron chi connectivity index (χ0n) is 15.2. The number of aryl methyl sites for hydroxylation is 1. The molecular weight excluding hydrogens is 376 g/mol. The number of phenolic OH excluding ortho intramolecular Hbond substituents is 1. The number of hydrogen-bond acceptors (Lipinski definition) is 6. The molecule has 3 aromatic rings. The quantitative estimate of drug-likeness (QED) is 0.625. The van der Waals surface area contributed by atoms with Gasteiger partial charge in [0.2, 0.25) is 5.43 Å². The van der Waals surface area contributed by atoms with Crippen LogP contribution >= 0.6 is 11.5 Å². The van der Waals surface area contributed by atoms with Crippen molar-refractivity contribution in [3.63, 3.8) is 0 Å². The number of anilines is 1. The van der Waals surface area contributed by atoms with E-state index >= 15 is 0 Å². The number of nitrogens with zero attached hydrogens (tertiary/aromatic N) is 2. The second-order valence-electron chi connectivity index (χ2n) is 7.01. The lowest BCUT2D eigenvalue weighted by Gasteiger charge is -2.15. The van der Waals surface area contributed by atoms with Crippen molar-refractivity contribution in [1.29, 1.82) is 5.26 Å². The Hall–Kier alpha value is -3.18. The third kappa shape index (κ3) is 3.04. The second-order valence-corrected chi connectivity index (χ2v) is 7.78. The number of nitrogens with one attached hydrogen (secondary N) is 2. The van der Waals surface area contributed by atoms with Crippen molar-refractivity contribution in [2.75, 3.05) is 5.32 Å². The maximum absolute atomic E-state index is 12.7. The van der Waals surface area contributed by atoms with Gasteiger partial charge in [-0.25, -0.2) is 0 Å². The molecule has 2 heterocycles. The van der Waals surface area contributed by atoms with Gasteiger partial charge in [0.15, 0.2) is 0 Å². The highest BCUT2D eigenvalue weighted by atomic mass is 32.1. The maximum Gasteiger partial charge on any atom is 0.261 e. The number of amides is 1. The fraction of sp³-hybridized carbons (Fsp3) is 0.300. The summed E-state index contributed by atoms with van der Waals surface area (Å²) in [5.41, 5.74) is 1.27. The third-order valence-corrected chi connectivity index (χ3v) is 6.13. The van der Waals surface area contributed by atoms with Gasteiger partial charge in [-0.15, -0.1) is 0 Å². The van der Waals surface area contributed by atoms with E-state index in [4.69, 9.17) is 0 Å². The minimum absolute atomic E-state index is 0.0587. The van der Waals surface area contributed by atoms with E-state index in [9.17, 15) is 20.0 Å². The lowest BCUT2D eigenvalue weighted by molar-refractivity contribution is 0.102. The van der Waals surface area contributed by atoms with Crippen LogP contribution in [0, 0.1) is 18.3 Å². The van der Waals surface area contributed by atoms with Gasteiger partial charge in [0, 0.05) is 12.3 Å². The van der Waals surface area contributed by atoms with Crippen LogP contribution in [0.25, 0.3) is 10.2 Å². The normalized spacial score (nSPS) is 14.3. The number of H-pyrrole nitrogens is 1. The minimum Gasteiger partial charge on any atom is -0.508 e. The molecule has 1 fully saturated rings. The summed E-state index contributed by atoms with van der Waals surface area (Å²) in [7, 11) is 0. The number of pyridine rings is 1. The van der Waals surface area contributed by atoms with Gasteiger partial charge in [0.1, 0.15) is 22.2 Å². The molecule has 1 aliphatic carbocycles. The molecule has 2 aromatic heterocycles. The Bertz CT molecular complexity index is 1180. The van der Waals surface area contributed by atoms with Crippen LogP contribution in [0.15, 0.2) is 23.1 Å². The fourth-order valence-electron chi connectivity index (χ4n) is 3.80. The molecule has 8 heteroatoms. The molecule has 7 nitrogen and oxygen atoms in total. The van der Waals surface area contributed by atoms with E-state index in [1.807, 2.05) is 0 Å². The molecule has 28 heavy (non-hydrogen) atoms. The number of benzene rings is 1. The van der Waals surface area contributed by atoms with Crippen LogP contribution in [0.1, 0.15) is 58.8 Å². The van der Waals surface area contributed by atoms with Crippen LogP contribution in [0.5, 0.6) is 5.75 Å². The number of aromatic hydroxyl groups is 1. The largest absolute Gasteiger partial charge is 0.508 e. The van der Waals surface area contributed by atoms with Crippen LogP contribution < -0.4 is 10.7 Å². The Morgan fingerprint density at radius 2 is 2.14 bits per heavy atom. The molecular formula is C20H18N4O3S. The highest BCUT2D eigenvalue weighted by molar-refractivity contribution is 7.12. The molecule has 3 N–H and O–H groups in total. The van der Waals surface area contributed by atoms with Crippen molar-refractivity contribution in [3.05, 3.63) is 50.9 Å². The molecule has 1 aromatic carbocycles. The molecule has 0 aliphatic heterocycles. The van der Waals surface area contributed by atoms with Crippen molar-refractivity contribution in [3.8, 4) is 11.8 Å². The van der Waals surface area contributed by atoms with Crippen molar-refractivity contribution in [1.82, 2.24) is 9.36 Å². The van der Waals surface area contributed by atoms with E-state index in [0.717, 1.165) is 42.8 Å². The van der Waals surface area contributed by atoms with E-state index in [2.05, 4.69) is 20.7 Å². The molecule has 0 radical (unpaired) electrons. The van der Waals surface area contributed by atoms with Crippen LogP contribution in [-0.2, 0) is 0 Å². The molecule has 4 rings (SSSR count). The average molecular weight is 394 g/mol. The smallest absolute Gasteiger partial charge is 0.261 e. The molecule has 1 saturated carbocycles. The van der Waals surface area contributed by atoms with Gasteiger partial charge in [-0.05, 0) is 48.8 Å². The Morgan fingerprint density at radius 3 is 2.86 bits per heavy atom. The number of hydrogen-bond donors (Lipinski definition) is 3. The summed E-state index contributed by atoms with van der Waals surface area (Å²) in [6.45, 7) is 1.71. The number of carbonyl (C=O) groups excluding carboxylic acids is 1. The molecule has 0 saturated heterocycles. The molecule has 0 bridgehead atoms. The average Bonchev–Trinajstić information content (AvgIpc) is 3.32. The lowest BCUT2D eigenvalue weighted by Crippen LogP contribution is -2.22. The second kappa shape index (κ2) is 7.09. The van der Waals surface area contributed by atoms with Gasteiger partial charge in [0.25, 0.3) is 5.91 Å². The Morgan fingerprint density at radius 1 is 1.39 bits per heavy atom. The third-order valence-electron chi connectivity index (χ3n) is 5.26. The summed E-state index contributed by atoms with van der Waals surface area (Å²) < 4.78 is 4.13. The molecule has 0 atom stereocenters. The number of phenols is 1. The fourth-order valence-corrected chi connectivity index (χ4v) is 4.56. The molecule has 1 amide bonds. The zero-order chi connectivity index (χ0) is 19.8. The Balaban J connectivity index is 1.69. The van der Waals surface area contributed by atoms with E-state index in [0.29, 0.717) is 15.9 Å². The van der Waals surface area contributed by atoms with E-state index in [1.165, 1.54) is 12.3 Å². The first-order chi connectivity index (χ1) is 13.5. The van der Waals surface area contributed by atoms with Gasteiger partial charge in [-0.1, -0.05) is 12.8 Å². The van der Waals surface area contributed by atoms with E-state index in [-0.39, 0.29) is 28.5 Å². The number of aromatic nitrogens is 2. The predicted molar refractivity (Wildman–Crippen MR) is 107 cm³/mol. The van der Waals surface area contributed by atoms with Gasteiger partial charge >= 0.3 is 0 Å². The van der Waals surface area contributed by atoms with Crippen LogP contribution in [0.3, 0.4) is 0 Å². The number of rotatable bonds is 3. The van der Waals surface area contributed by atoms with Crippen LogP contribution in [0.4, 0.5) is 5.69 Å². The highest BCUT2D eigenvalue weighted by Crippen LogP contribution is 2.40. The molecule has 0 unspecified atom stereocenters. The van der Waals surface area contributed by atoms with E-state index < -0.39 is 11.3 Å². The SMILES string of the molecule is Cc1nsc2[nH]cc(C(=O)Nc3cc(O)c(C4CCCC4)cc3C#N)c(=O)c12. The standard InChI is InChI=1S/C20H18N4O3S/c1-10-17-18(26)14(9-22-20(17)28-24-10)19(27)23-15-7-16(25)13(6-12(15)8-21)11-4-2-3-5-11/h6-7,9,11,25H,2-5H2,1H3,(H,22,26)(H,23,27). The Kier molecular flexibility index (Phi) is 4.61. The van der Waals surface area contributed by atoms with Gasteiger partial charge in [-0.2, -0.15) is 9.64 Å². The lowest BCUT2D eigenvalue weighted by atomic mass is 9.94. The van der Waals surface area contributed by atoms with Crippen LogP contribution in [0.2, 0.25) is 0 Å². The topological polar surface area (TPSA) is 119 Å². The summed E-state index contributed by atoms with van der Waals surface area (Å²) in [6, 6.07) is 5.11. The van der Waals surface area contributed by atoms with Crippen molar-refractivity contribution >= 4 is 33.3 Å². The zero-order valence-corrected chi connectivity index (χ0v) is 16.0. The molecule has 0 spiro atoms. The summed E-state index contributed by atoms with van der Waals surface area (Å²) in [4.78, 5) is 28.9. The number of nitriles is 1. The van der Waals surface area contributed by atoms with E-state index in [1.54, 1.807) is 13.0 Å². The monoisotopic (exact) mass is 394 g/mol. The highest BCUT2D eigenvalue weighted by Gasteiger charge is 2.23. The summed E-state index contributed by atoms with van der Waals surface area (Å²) in [5, 5.41) is 22.9. The molecule has 1 aliphatic rings. The molecule has 142 valence electrons. The first-order valence-corrected chi connectivity index (χ1v) is 9.83. The maximum atomic E-state index is 12.7. The summed E-state index contributed by atoms with van der Waals surface area (Å²) >= 11 is 1.16. The predicted octanol–water partition coefficient (Wildman–Crippen LogP) is 3.78. The first kappa shape index (κ1) is 18.2. The minimum atomic E-state index is -0.640. The van der Waals surface area contributed by atoms with Gasteiger partial charge in [0.05, 0.1) is 22.3 Å². The van der Waals surface area contributed by atoms with Crippen molar-refractivity contribution in [2.45, 2.75) is 38.5 Å². The van der Waals surface area contributed by atoms with Gasteiger partial charge < -0.3 is 15.4 Å². The number of fused-ring (bicyclic) bond motifs is 1. The van der Waals surface area contributed by atoms with Crippen molar-refractivity contribution < 1.29 is 9.90 Å². The Labute approximate surface area is 164 Å². The summed E-state index contributed by atoms with van der Waals surface area (Å²) in [6.07, 6.45) is 5.51. The summed E-state index contributed by atoms with van der Waals surface area (Å²) in [5.74, 6) is -0.349. The number of carbonyl (C=O) groups is 1. The van der Waals surface area contributed by atoms with Crippen LogP contribution in [-0.4, -0.2) is 20.4 Å². The first-order valence-electron chi connectivity index (χ1n) is 9.05. The van der Waals surface area contributed by atoms with Gasteiger partial charge in [-0.3, -0.25) is 9.59 Å². The number of aromatic amines is 1. The van der Waals surface area contributed by atoms with Crippen molar-refractivity contribution in [2.24, 2.45) is 0 Å².